The SMILES string of the molecule is NCC#Cc1cc(C(=O)NCCc2ccc(Cl)cc2)cs1. The third kappa shape index (κ3) is 4.91. The van der Waals surface area contributed by atoms with E-state index in [1.54, 1.807) is 11.4 Å². The zero-order valence-electron chi connectivity index (χ0n) is 11.4. The molecule has 0 aliphatic heterocycles. The van der Waals surface area contributed by atoms with Gasteiger partial charge in [-0.25, -0.2) is 0 Å². The van der Waals surface area contributed by atoms with Crippen LogP contribution in [0.25, 0.3) is 0 Å². The van der Waals surface area contributed by atoms with Gasteiger partial charge in [0.2, 0.25) is 0 Å². The summed E-state index contributed by atoms with van der Waals surface area (Å²) in [5.74, 6) is 5.61. The summed E-state index contributed by atoms with van der Waals surface area (Å²) in [6, 6.07) is 9.39. The highest BCUT2D eigenvalue weighted by molar-refractivity contribution is 7.10. The zero-order valence-corrected chi connectivity index (χ0v) is 12.9. The molecule has 1 aromatic heterocycles. The summed E-state index contributed by atoms with van der Waals surface area (Å²) in [6.07, 6.45) is 0.771. The van der Waals surface area contributed by atoms with E-state index in [2.05, 4.69) is 17.2 Å². The molecule has 0 radical (unpaired) electrons. The van der Waals surface area contributed by atoms with Crippen molar-refractivity contribution < 1.29 is 4.79 Å². The topological polar surface area (TPSA) is 55.1 Å². The lowest BCUT2D eigenvalue weighted by Crippen LogP contribution is -2.25. The van der Waals surface area contributed by atoms with Crippen LogP contribution in [0, 0.1) is 11.8 Å². The van der Waals surface area contributed by atoms with Crippen molar-refractivity contribution in [2.45, 2.75) is 6.42 Å². The molecular formula is C16H15ClN2OS. The number of thiophene rings is 1. The molecule has 2 aromatic rings. The van der Waals surface area contributed by atoms with Crippen LogP contribution in [0.1, 0.15) is 20.8 Å². The maximum atomic E-state index is 12.0. The molecule has 0 atom stereocenters. The summed E-state index contributed by atoms with van der Waals surface area (Å²) in [6.45, 7) is 0.903. The monoisotopic (exact) mass is 318 g/mol. The van der Waals surface area contributed by atoms with Gasteiger partial charge < -0.3 is 11.1 Å². The van der Waals surface area contributed by atoms with Crippen molar-refractivity contribution in [3.8, 4) is 11.8 Å². The number of nitrogens with two attached hydrogens (primary N) is 1. The molecule has 0 fully saturated rings. The number of amides is 1. The van der Waals surface area contributed by atoms with E-state index in [-0.39, 0.29) is 5.91 Å². The van der Waals surface area contributed by atoms with Crippen LogP contribution in [0.4, 0.5) is 0 Å². The van der Waals surface area contributed by atoms with Crippen molar-refractivity contribution in [1.29, 1.82) is 0 Å². The fraction of sp³-hybridized carbons (Fsp3) is 0.188. The molecular weight excluding hydrogens is 304 g/mol. The second-order valence-electron chi connectivity index (χ2n) is 4.34. The molecule has 1 aromatic carbocycles. The van der Waals surface area contributed by atoms with Gasteiger partial charge in [-0.1, -0.05) is 35.6 Å². The van der Waals surface area contributed by atoms with Crippen molar-refractivity contribution in [3.63, 3.8) is 0 Å². The second kappa shape index (κ2) is 7.84. The van der Waals surface area contributed by atoms with Gasteiger partial charge in [0.1, 0.15) is 0 Å². The van der Waals surface area contributed by atoms with Gasteiger partial charge >= 0.3 is 0 Å². The van der Waals surface area contributed by atoms with E-state index in [1.165, 1.54) is 11.3 Å². The van der Waals surface area contributed by atoms with E-state index >= 15 is 0 Å². The van der Waals surface area contributed by atoms with Gasteiger partial charge in [-0.3, -0.25) is 4.79 Å². The minimum Gasteiger partial charge on any atom is -0.352 e. The van der Waals surface area contributed by atoms with E-state index < -0.39 is 0 Å². The van der Waals surface area contributed by atoms with E-state index in [0.29, 0.717) is 23.7 Å². The van der Waals surface area contributed by atoms with Crippen molar-refractivity contribution in [1.82, 2.24) is 5.32 Å². The van der Waals surface area contributed by atoms with Gasteiger partial charge in [0.25, 0.3) is 5.91 Å². The first-order valence-electron chi connectivity index (χ1n) is 6.49. The van der Waals surface area contributed by atoms with Crippen LogP contribution in [0.3, 0.4) is 0 Å². The molecule has 0 saturated heterocycles. The number of hydrogen-bond donors (Lipinski definition) is 2. The summed E-state index contributed by atoms with van der Waals surface area (Å²) < 4.78 is 0. The minimum atomic E-state index is -0.0824. The summed E-state index contributed by atoms with van der Waals surface area (Å²) in [5, 5.41) is 5.41. The molecule has 2 rings (SSSR count). The quantitative estimate of drug-likeness (QED) is 0.852. The number of nitrogens with one attached hydrogen (secondary N) is 1. The van der Waals surface area contributed by atoms with Crippen molar-refractivity contribution in [2.24, 2.45) is 5.73 Å². The first-order chi connectivity index (χ1) is 10.2. The summed E-state index contributed by atoms with van der Waals surface area (Å²) >= 11 is 7.27. The zero-order chi connectivity index (χ0) is 15.1. The summed E-state index contributed by atoms with van der Waals surface area (Å²) in [5.41, 5.74) is 7.09. The van der Waals surface area contributed by atoms with Gasteiger partial charge in [-0.15, -0.1) is 11.3 Å². The maximum Gasteiger partial charge on any atom is 0.252 e. The first-order valence-corrected chi connectivity index (χ1v) is 7.75. The van der Waals surface area contributed by atoms with E-state index in [0.717, 1.165) is 16.9 Å². The molecule has 0 aliphatic rings. The summed E-state index contributed by atoms with van der Waals surface area (Å²) in [4.78, 5) is 12.8. The highest BCUT2D eigenvalue weighted by Gasteiger charge is 2.07. The molecule has 5 heteroatoms. The van der Waals surface area contributed by atoms with Crippen LogP contribution >= 0.6 is 22.9 Å². The Morgan fingerprint density at radius 1 is 1.33 bits per heavy atom. The van der Waals surface area contributed by atoms with E-state index in [1.807, 2.05) is 24.3 Å². The minimum absolute atomic E-state index is 0.0824. The molecule has 3 N–H and O–H groups in total. The van der Waals surface area contributed by atoms with Crippen molar-refractivity contribution in [2.75, 3.05) is 13.1 Å². The first kappa shape index (κ1) is 15.6. The van der Waals surface area contributed by atoms with Gasteiger partial charge in [0, 0.05) is 16.9 Å². The predicted molar refractivity (Wildman–Crippen MR) is 87.7 cm³/mol. The predicted octanol–water partition coefficient (Wildman–Crippen LogP) is 2.68. The number of carbonyl (C=O) groups is 1. The van der Waals surface area contributed by atoms with Crippen LogP contribution in [-0.2, 0) is 6.42 Å². The molecule has 0 unspecified atom stereocenters. The van der Waals surface area contributed by atoms with Crippen LogP contribution < -0.4 is 11.1 Å². The Bertz CT molecular complexity index is 668. The second-order valence-corrected chi connectivity index (χ2v) is 5.69. The molecule has 0 aliphatic carbocycles. The molecule has 108 valence electrons. The number of hydrogen-bond acceptors (Lipinski definition) is 3. The van der Waals surface area contributed by atoms with Gasteiger partial charge in [-0.2, -0.15) is 0 Å². The van der Waals surface area contributed by atoms with Crippen LogP contribution in [0.5, 0.6) is 0 Å². The normalized spacial score (nSPS) is 9.81. The lowest BCUT2D eigenvalue weighted by Gasteiger charge is -2.04. The number of halogens is 1. The van der Waals surface area contributed by atoms with Crippen LogP contribution in [0.15, 0.2) is 35.7 Å². The van der Waals surface area contributed by atoms with Crippen molar-refractivity contribution in [3.05, 3.63) is 56.7 Å². The smallest absolute Gasteiger partial charge is 0.252 e. The molecule has 0 saturated carbocycles. The van der Waals surface area contributed by atoms with Gasteiger partial charge in [0.05, 0.1) is 17.0 Å². The molecule has 1 amide bonds. The Hall–Kier alpha value is -1.80. The molecule has 1 heterocycles. The molecule has 0 spiro atoms. The van der Waals surface area contributed by atoms with Crippen molar-refractivity contribution >= 4 is 28.8 Å². The Morgan fingerprint density at radius 3 is 2.81 bits per heavy atom. The van der Waals surface area contributed by atoms with E-state index in [4.69, 9.17) is 17.3 Å². The highest BCUT2D eigenvalue weighted by atomic mass is 35.5. The fourth-order valence-electron chi connectivity index (χ4n) is 1.73. The van der Waals surface area contributed by atoms with Crippen LogP contribution in [-0.4, -0.2) is 19.0 Å². The molecule has 21 heavy (non-hydrogen) atoms. The third-order valence-electron chi connectivity index (χ3n) is 2.79. The molecule has 3 nitrogen and oxygen atoms in total. The highest BCUT2D eigenvalue weighted by Crippen LogP contribution is 2.13. The average Bonchev–Trinajstić information content (AvgIpc) is 2.96. The van der Waals surface area contributed by atoms with E-state index in [9.17, 15) is 4.79 Å². The third-order valence-corrected chi connectivity index (χ3v) is 3.89. The Labute approximate surface area is 133 Å². The Balaban J connectivity index is 1.84. The lowest BCUT2D eigenvalue weighted by atomic mass is 10.1. The Kier molecular flexibility index (Phi) is 5.82. The Morgan fingerprint density at radius 2 is 2.10 bits per heavy atom. The van der Waals surface area contributed by atoms with Crippen LogP contribution in [0.2, 0.25) is 5.02 Å². The summed E-state index contributed by atoms with van der Waals surface area (Å²) in [7, 11) is 0. The number of benzene rings is 1. The standard InChI is InChI=1S/C16H15ClN2OS/c17-14-5-3-12(4-6-14)7-9-19-16(20)13-10-15(21-11-13)2-1-8-18/h3-6,10-11H,7-9,18H2,(H,19,20). The maximum absolute atomic E-state index is 12.0. The number of carbonyl (C=O) groups excluding carboxylic acids is 1. The largest absolute Gasteiger partial charge is 0.352 e. The van der Waals surface area contributed by atoms with Gasteiger partial charge in [0.15, 0.2) is 0 Å². The van der Waals surface area contributed by atoms with Gasteiger partial charge in [-0.05, 0) is 30.2 Å². The average molecular weight is 319 g/mol. The fourth-order valence-corrected chi connectivity index (χ4v) is 2.61. The number of rotatable bonds is 4. The molecule has 0 bridgehead atoms. The lowest BCUT2D eigenvalue weighted by molar-refractivity contribution is 0.0954.